The highest BCUT2D eigenvalue weighted by atomic mass is 16.6. The van der Waals surface area contributed by atoms with Gasteiger partial charge in [0, 0.05) is 18.2 Å². The summed E-state index contributed by atoms with van der Waals surface area (Å²) in [5.41, 5.74) is 0.577. The van der Waals surface area contributed by atoms with Crippen LogP contribution in [0.4, 0.5) is 5.69 Å². The fourth-order valence-electron chi connectivity index (χ4n) is 1.10. The van der Waals surface area contributed by atoms with Crippen LogP contribution in [0.25, 0.3) is 6.08 Å². The second-order valence-electron chi connectivity index (χ2n) is 2.94. The molecule has 0 unspecified atom stereocenters. The smallest absolute Gasteiger partial charge is 0.330 e. The highest BCUT2D eigenvalue weighted by Crippen LogP contribution is 2.13. The van der Waals surface area contributed by atoms with Crippen molar-refractivity contribution < 1.29 is 14.5 Å². The summed E-state index contributed by atoms with van der Waals surface area (Å²) in [7, 11) is 0. The molecule has 0 bridgehead atoms. The van der Waals surface area contributed by atoms with Crippen LogP contribution in [0.2, 0.25) is 0 Å². The molecule has 0 saturated carbocycles. The van der Waals surface area contributed by atoms with Crippen LogP contribution < -0.4 is 0 Å². The molecule has 0 spiro atoms. The van der Waals surface area contributed by atoms with Crippen LogP contribution in [0, 0.1) is 10.1 Å². The molecule has 0 aliphatic heterocycles. The van der Waals surface area contributed by atoms with E-state index in [1.165, 1.54) is 24.3 Å². The van der Waals surface area contributed by atoms with Gasteiger partial charge in [0.1, 0.15) is 0 Å². The normalized spacial score (nSPS) is 10.3. The number of hydrogen-bond donors (Lipinski definition) is 0. The number of nitro benzene ring substituents is 1. The molecule has 0 radical (unpaired) electrons. The van der Waals surface area contributed by atoms with Gasteiger partial charge in [0.25, 0.3) is 5.69 Å². The van der Waals surface area contributed by atoms with Crippen LogP contribution in [-0.4, -0.2) is 17.5 Å². The van der Waals surface area contributed by atoms with Gasteiger partial charge in [-0.2, -0.15) is 0 Å². The van der Waals surface area contributed by atoms with Gasteiger partial charge in [0.2, 0.25) is 0 Å². The summed E-state index contributed by atoms with van der Waals surface area (Å²) in [5, 5.41) is 10.5. The molecule has 5 nitrogen and oxygen atoms in total. The van der Waals surface area contributed by atoms with Crippen LogP contribution >= 0.6 is 0 Å². The van der Waals surface area contributed by atoms with Crippen LogP contribution in [0.3, 0.4) is 0 Å². The highest BCUT2D eigenvalue weighted by Gasteiger charge is 2.03. The lowest BCUT2D eigenvalue weighted by molar-refractivity contribution is -0.384. The Labute approximate surface area is 92.5 Å². The molecule has 16 heavy (non-hydrogen) atoms. The topological polar surface area (TPSA) is 69.4 Å². The van der Waals surface area contributed by atoms with E-state index in [1.807, 2.05) is 0 Å². The maximum atomic E-state index is 11.0. The van der Waals surface area contributed by atoms with Crippen molar-refractivity contribution >= 4 is 17.7 Å². The van der Waals surface area contributed by atoms with Gasteiger partial charge in [0.15, 0.2) is 0 Å². The quantitative estimate of drug-likeness (QED) is 0.338. The number of esters is 1. The Morgan fingerprint density at radius 3 is 2.94 bits per heavy atom. The molecule has 1 rings (SSSR count). The van der Waals surface area contributed by atoms with Gasteiger partial charge >= 0.3 is 5.97 Å². The Balaban J connectivity index is 2.77. The lowest BCUT2D eigenvalue weighted by atomic mass is 10.2. The summed E-state index contributed by atoms with van der Waals surface area (Å²) in [6, 6.07) is 6.00. The summed E-state index contributed by atoms with van der Waals surface area (Å²) in [5.74, 6) is -0.464. The Morgan fingerprint density at radius 2 is 2.31 bits per heavy atom. The largest absolute Gasteiger partial charge is 0.463 e. The molecule has 0 amide bonds. The van der Waals surface area contributed by atoms with E-state index in [-0.39, 0.29) is 5.69 Å². The number of carbonyl (C=O) groups excluding carboxylic acids is 1. The first-order valence-corrected chi connectivity index (χ1v) is 4.72. The van der Waals surface area contributed by atoms with E-state index < -0.39 is 10.9 Å². The molecule has 0 N–H and O–H groups in total. The van der Waals surface area contributed by atoms with Crippen molar-refractivity contribution in [2.45, 2.75) is 6.92 Å². The predicted octanol–water partition coefficient (Wildman–Crippen LogP) is 2.17. The first kappa shape index (κ1) is 11.9. The van der Waals surface area contributed by atoms with Gasteiger partial charge in [-0.15, -0.1) is 0 Å². The van der Waals surface area contributed by atoms with E-state index in [0.29, 0.717) is 12.2 Å². The van der Waals surface area contributed by atoms with Gasteiger partial charge in [-0.3, -0.25) is 10.1 Å². The zero-order valence-electron chi connectivity index (χ0n) is 8.75. The van der Waals surface area contributed by atoms with Crippen molar-refractivity contribution in [3.63, 3.8) is 0 Å². The number of benzene rings is 1. The van der Waals surface area contributed by atoms with Crippen molar-refractivity contribution in [3.05, 3.63) is 46.0 Å². The van der Waals surface area contributed by atoms with Gasteiger partial charge in [-0.1, -0.05) is 12.1 Å². The van der Waals surface area contributed by atoms with Crippen molar-refractivity contribution in [3.8, 4) is 0 Å². The van der Waals surface area contributed by atoms with Crippen LogP contribution in [0.15, 0.2) is 30.3 Å². The molecule has 1 aromatic rings. The third-order valence-corrected chi connectivity index (χ3v) is 1.78. The maximum Gasteiger partial charge on any atom is 0.330 e. The average Bonchev–Trinajstić information content (AvgIpc) is 2.27. The number of nitrogens with zero attached hydrogens (tertiary/aromatic N) is 1. The fourth-order valence-corrected chi connectivity index (χ4v) is 1.10. The van der Waals surface area contributed by atoms with Crippen molar-refractivity contribution in [1.82, 2.24) is 0 Å². The molecule has 0 aliphatic carbocycles. The van der Waals surface area contributed by atoms with Crippen molar-refractivity contribution in [2.75, 3.05) is 6.61 Å². The number of ether oxygens (including phenoxy) is 1. The Hall–Kier alpha value is -2.17. The van der Waals surface area contributed by atoms with E-state index >= 15 is 0 Å². The number of rotatable bonds is 4. The van der Waals surface area contributed by atoms with Gasteiger partial charge in [0.05, 0.1) is 11.5 Å². The summed E-state index contributed by atoms with van der Waals surface area (Å²) in [4.78, 5) is 21.0. The Kier molecular flexibility index (Phi) is 4.20. The third kappa shape index (κ3) is 3.53. The molecule has 0 heterocycles. The van der Waals surface area contributed by atoms with E-state index in [9.17, 15) is 14.9 Å². The van der Waals surface area contributed by atoms with Gasteiger partial charge < -0.3 is 4.74 Å². The molecule has 0 atom stereocenters. The van der Waals surface area contributed by atoms with E-state index in [2.05, 4.69) is 4.74 Å². The highest BCUT2D eigenvalue weighted by molar-refractivity contribution is 5.87. The van der Waals surface area contributed by atoms with Crippen molar-refractivity contribution in [2.24, 2.45) is 0 Å². The molecule has 0 saturated heterocycles. The summed E-state index contributed by atoms with van der Waals surface area (Å²) in [6.45, 7) is 2.01. The molecule has 0 fully saturated rings. The minimum Gasteiger partial charge on any atom is -0.463 e. The fraction of sp³-hybridized carbons (Fsp3) is 0.182. The number of nitro groups is 1. The summed E-state index contributed by atoms with van der Waals surface area (Å²) >= 11 is 0. The van der Waals surface area contributed by atoms with E-state index in [1.54, 1.807) is 19.1 Å². The minimum absolute atomic E-state index is 0.00833. The summed E-state index contributed by atoms with van der Waals surface area (Å²) < 4.78 is 4.68. The maximum absolute atomic E-state index is 11.0. The molecule has 0 aromatic heterocycles. The Bertz CT molecular complexity index is 426. The molecule has 5 heteroatoms. The standard InChI is InChI=1S/C11H11NO4/c1-2-16-11(13)7-6-9-4-3-5-10(8-9)12(14)15/h3-8H,2H2,1H3/b7-6-. The molecular weight excluding hydrogens is 210 g/mol. The zero-order valence-corrected chi connectivity index (χ0v) is 8.75. The van der Waals surface area contributed by atoms with Crippen LogP contribution in [0.1, 0.15) is 12.5 Å². The van der Waals surface area contributed by atoms with E-state index in [0.717, 1.165) is 0 Å². The van der Waals surface area contributed by atoms with Gasteiger partial charge in [-0.05, 0) is 18.6 Å². The predicted molar refractivity (Wildman–Crippen MR) is 58.8 cm³/mol. The van der Waals surface area contributed by atoms with Crippen molar-refractivity contribution in [1.29, 1.82) is 0 Å². The van der Waals surface area contributed by atoms with Gasteiger partial charge in [-0.25, -0.2) is 4.79 Å². The number of carbonyl (C=O) groups is 1. The summed E-state index contributed by atoms with van der Waals surface area (Å²) in [6.07, 6.45) is 2.72. The first-order chi connectivity index (χ1) is 7.63. The number of hydrogen-bond acceptors (Lipinski definition) is 4. The number of non-ortho nitro benzene ring substituents is 1. The lowest BCUT2D eigenvalue weighted by Gasteiger charge is -1.95. The van der Waals surface area contributed by atoms with E-state index in [4.69, 9.17) is 0 Å². The molecule has 0 aliphatic rings. The zero-order chi connectivity index (χ0) is 12.0. The monoisotopic (exact) mass is 221 g/mol. The molecule has 84 valence electrons. The lowest BCUT2D eigenvalue weighted by Crippen LogP contribution is -1.98. The average molecular weight is 221 g/mol. The third-order valence-electron chi connectivity index (χ3n) is 1.78. The second kappa shape index (κ2) is 5.65. The van der Waals surface area contributed by atoms with Crippen LogP contribution in [-0.2, 0) is 9.53 Å². The molecular formula is C11H11NO4. The van der Waals surface area contributed by atoms with Crippen LogP contribution in [0.5, 0.6) is 0 Å². The molecule has 1 aromatic carbocycles. The SMILES string of the molecule is CCOC(=O)/C=C\c1cccc([N+](=O)[O-])c1. The Morgan fingerprint density at radius 1 is 1.56 bits per heavy atom. The second-order valence-corrected chi connectivity index (χ2v) is 2.94. The minimum atomic E-state index is -0.484. The first-order valence-electron chi connectivity index (χ1n) is 4.72.